The van der Waals surface area contributed by atoms with Crippen LogP contribution in [0, 0.1) is 0 Å². The summed E-state index contributed by atoms with van der Waals surface area (Å²) in [5.74, 6) is 0.232. The highest BCUT2D eigenvalue weighted by Gasteiger charge is 2.19. The molecule has 1 aromatic carbocycles. The summed E-state index contributed by atoms with van der Waals surface area (Å²) in [6.45, 7) is 7.59. The molecule has 0 saturated carbocycles. The van der Waals surface area contributed by atoms with E-state index in [0.717, 1.165) is 28.7 Å². The predicted molar refractivity (Wildman–Crippen MR) is 90.7 cm³/mol. The van der Waals surface area contributed by atoms with Gasteiger partial charge in [0.25, 0.3) is 5.56 Å². The third kappa shape index (κ3) is 3.23. The van der Waals surface area contributed by atoms with Gasteiger partial charge in [-0.1, -0.05) is 48.8 Å². The Labute approximate surface area is 133 Å². The normalized spacial score (nSPS) is 11.3. The van der Waals surface area contributed by atoms with Crippen LogP contribution >= 0.6 is 15.9 Å². The lowest BCUT2D eigenvalue weighted by atomic mass is 10.1. The molecule has 0 atom stereocenters. The van der Waals surface area contributed by atoms with Crippen molar-refractivity contribution in [1.82, 2.24) is 9.36 Å². The molecule has 0 saturated heterocycles. The summed E-state index contributed by atoms with van der Waals surface area (Å²) in [7, 11) is 0. The Morgan fingerprint density at radius 1 is 1.19 bits per heavy atom. The molecular formula is C16H22BrN3O. The zero-order valence-corrected chi connectivity index (χ0v) is 14.4. The van der Waals surface area contributed by atoms with Crippen molar-refractivity contribution in [3.8, 4) is 0 Å². The summed E-state index contributed by atoms with van der Waals surface area (Å²) in [6, 6.07) is 8.01. The minimum absolute atomic E-state index is 0.0879. The zero-order chi connectivity index (χ0) is 15.6. The lowest BCUT2D eigenvalue weighted by molar-refractivity contribution is 0.443. The molecule has 0 unspecified atom stereocenters. The van der Waals surface area contributed by atoms with Crippen molar-refractivity contribution in [2.24, 2.45) is 0 Å². The third-order valence-corrected chi connectivity index (χ3v) is 4.07. The van der Waals surface area contributed by atoms with E-state index in [0.29, 0.717) is 12.2 Å². The molecule has 1 aromatic heterocycles. The molecule has 114 valence electrons. The summed E-state index contributed by atoms with van der Waals surface area (Å²) in [5.41, 5.74) is 8.38. The lowest BCUT2D eigenvalue weighted by Crippen LogP contribution is -2.25. The van der Waals surface area contributed by atoms with E-state index in [2.05, 4.69) is 36.7 Å². The molecule has 2 N–H and O–H groups in total. The second-order valence-corrected chi connectivity index (χ2v) is 6.48. The van der Waals surface area contributed by atoms with Gasteiger partial charge < -0.3 is 5.73 Å². The molecule has 0 spiro atoms. The maximum Gasteiger partial charge on any atom is 0.290 e. The van der Waals surface area contributed by atoms with Crippen LogP contribution < -0.4 is 11.3 Å². The minimum Gasteiger partial charge on any atom is -0.393 e. The van der Waals surface area contributed by atoms with Gasteiger partial charge >= 0.3 is 0 Å². The Kier molecular flexibility index (Phi) is 4.93. The highest BCUT2D eigenvalue weighted by atomic mass is 79.9. The van der Waals surface area contributed by atoms with Gasteiger partial charge in [-0.25, -0.2) is 4.68 Å². The number of anilines is 1. The average molecular weight is 352 g/mol. The first-order chi connectivity index (χ1) is 9.95. The molecule has 2 aromatic rings. The topological polar surface area (TPSA) is 52.9 Å². The van der Waals surface area contributed by atoms with E-state index < -0.39 is 0 Å². The number of halogens is 1. The van der Waals surface area contributed by atoms with Gasteiger partial charge in [0.15, 0.2) is 0 Å². The Bertz CT molecular complexity index is 668. The van der Waals surface area contributed by atoms with Gasteiger partial charge in [0.05, 0.1) is 12.2 Å². The van der Waals surface area contributed by atoms with Gasteiger partial charge in [0.2, 0.25) is 0 Å². The second-order valence-electron chi connectivity index (χ2n) is 5.57. The number of hydrogen-bond donors (Lipinski definition) is 1. The lowest BCUT2D eigenvalue weighted by Gasteiger charge is -2.16. The van der Waals surface area contributed by atoms with Crippen LogP contribution in [-0.2, 0) is 13.1 Å². The zero-order valence-electron chi connectivity index (χ0n) is 12.8. The van der Waals surface area contributed by atoms with Crippen molar-refractivity contribution >= 4 is 21.6 Å². The Morgan fingerprint density at radius 3 is 2.33 bits per heavy atom. The molecular weight excluding hydrogens is 330 g/mol. The van der Waals surface area contributed by atoms with Crippen molar-refractivity contribution in [3.63, 3.8) is 0 Å². The first-order valence-corrected chi connectivity index (χ1v) is 8.08. The van der Waals surface area contributed by atoms with Crippen LogP contribution in [0.25, 0.3) is 0 Å². The van der Waals surface area contributed by atoms with Crippen molar-refractivity contribution in [1.29, 1.82) is 0 Å². The smallest absolute Gasteiger partial charge is 0.290 e. The monoisotopic (exact) mass is 351 g/mol. The van der Waals surface area contributed by atoms with Crippen LogP contribution in [0.2, 0.25) is 0 Å². The SMILES string of the molecule is CCCn1c(C(C)C)c(N)c(=O)n1Cc1ccc(Br)cc1. The number of benzene rings is 1. The van der Waals surface area contributed by atoms with Crippen molar-refractivity contribution in [3.05, 3.63) is 50.3 Å². The van der Waals surface area contributed by atoms with E-state index in [-0.39, 0.29) is 11.5 Å². The minimum atomic E-state index is -0.0879. The van der Waals surface area contributed by atoms with Gasteiger partial charge in [-0.3, -0.25) is 9.48 Å². The fourth-order valence-corrected chi connectivity index (χ4v) is 2.87. The number of aromatic nitrogens is 2. The standard InChI is InChI=1S/C16H22BrN3O/c1-4-9-19-15(11(2)3)14(18)16(21)20(19)10-12-5-7-13(17)8-6-12/h5-8,11H,4,9-10,18H2,1-3H3. The van der Waals surface area contributed by atoms with Crippen LogP contribution in [0.15, 0.2) is 33.5 Å². The van der Waals surface area contributed by atoms with Crippen LogP contribution in [0.3, 0.4) is 0 Å². The Hall–Kier alpha value is -1.49. The summed E-state index contributed by atoms with van der Waals surface area (Å²) in [6.07, 6.45) is 0.966. The summed E-state index contributed by atoms with van der Waals surface area (Å²) < 4.78 is 4.84. The first-order valence-electron chi connectivity index (χ1n) is 7.29. The average Bonchev–Trinajstić information content (AvgIpc) is 2.66. The van der Waals surface area contributed by atoms with Gasteiger partial charge in [-0.15, -0.1) is 0 Å². The Balaban J connectivity index is 2.49. The molecule has 21 heavy (non-hydrogen) atoms. The number of nitrogens with zero attached hydrogens (tertiary/aromatic N) is 2. The predicted octanol–water partition coefficient (Wildman–Crippen LogP) is 3.58. The number of rotatable bonds is 5. The molecule has 0 aliphatic heterocycles. The molecule has 0 aliphatic carbocycles. The van der Waals surface area contributed by atoms with Crippen LogP contribution in [0.1, 0.15) is 44.4 Å². The largest absolute Gasteiger partial charge is 0.393 e. The maximum absolute atomic E-state index is 12.5. The van der Waals surface area contributed by atoms with Gasteiger partial charge in [-0.05, 0) is 30.0 Å². The molecule has 0 aliphatic rings. The van der Waals surface area contributed by atoms with Crippen molar-refractivity contribution in [2.45, 2.75) is 46.2 Å². The van der Waals surface area contributed by atoms with E-state index in [1.165, 1.54) is 0 Å². The van der Waals surface area contributed by atoms with E-state index >= 15 is 0 Å². The molecule has 5 heteroatoms. The summed E-state index contributed by atoms with van der Waals surface area (Å²) >= 11 is 3.43. The van der Waals surface area contributed by atoms with E-state index in [1.54, 1.807) is 4.68 Å². The van der Waals surface area contributed by atoms with E-state index in [9.17, 15) is 4.79 Å². The first kappa shape index (κ1) is 15.9. The van der Waals surface area contributed by atoms with Crippen LogP contribution in [0.4, 0.5) is 5.69 Å². The van der Waals surface area contributed by atoms with Crippen LogP contribution in [-0.4, -0.2) is 9.36 Å². The molecule has 0 bridgehead atoms. The fourth-order valence-electron chi connectivity index (χ4n) is 2.61. The third-order valence-electron chi connectivity index (χ3n) is 3.54. The molecule has 0 fully saturated rings. The molecule has 0 amide bonds. The summed E-state index contributed by atoms with van der Waals surface area (Å²) in [5, 5.41) is 0. The van der Waals surface area contributed by atoms with E-state index in [1.807, 2.05) is 28.9 Å². The number of nitrogen functional groups attached to an aromatic ring is 1. The van der Waals surface area contributed by atoms with Gasteiger partial charge in [-0.2, -0.15) is 0 Å². The van der Waals surface area contributed by atoms with E-state index in [4.69, 9.17) is 5.73 Å². The fraction of sp³-hybridized carbons (Fsp3) is 0.438. The summed E-state index contributed by atoms with van der Waals surface area (Å²) in [4.78, 5) is 12.5. The highest BCUT2D eigenvalue weighted by Crippen LogP contribution is 2.21. The maximum atomic E-state index is 12.5. The Morgan fingerprint density at radius 2 is 1.81 bits per heavy atom. The molecule has 1 heterocycles. The number of hydrogen-bond acceptors (Lipinski definition) is 2. The number of nitrogens with two attached hydrogens (primary N) is 1. The van der Waals surface area contributed by atoms with Gasteiger partial charge in [0.1, 0.15) is 5.69 Å². The van der Waals surface area contributed by atoms with Gasteiger partial charge in [0, 0.05) is 11.0 Å². The quantitative estimate of drug-likeness (QED) is 0.894. The van der Waals surface area contributed by atoms with Crippen molar-refractivity contribution < 1.29 is 0 Å². The second kappa shape index (κ2) is 6.52. The molecule has 4 nitrogen and oxygen atoms in total. The molecule has 0 radical (unpaired) electrons. The van der Waals surface area contributed by atoms with Crippen molar-refractivity contribution in [2.75, 3.05) is 5.73 Å². The highest BCUT2D eigenvalue weighted by molar-refractivity contribution is 9.10. The van der Waals surface area contributed by atoms with Crippen LogP contribution in [0.5, 0.6) is 0 Å². The molecule has 2 rings (SSSR count).